The van der Waals surface area contributed by atoms with Crippen LogP contribution in [-0.4, -0.2) is 29.6 Å². The van der Waals surface area contributed by atoms with Gasteiger partial charge in [0.2, 0.25) is 0 Å². The number of rotatable bonds is 5. The van der Waals surface area contributed by atoms with Gasteiger partial charge in [0.1, 0.15) is 5.82 Å². The molecule has 1 heterocycles. The molecule has 0 aliphatic heterocycles. The molecule has 0 saturated carbocycles. The van der Waals surface area contributed by atoms with Crippen molar-refractivity contribution in [3.8, 4) is 0 Å². The minimum absolute atomic E-state index is 0.0437. The number of aromatic nitrogens is 2. The quantitative estimate of drug-likeness (QED) is 0.852. The van der Waals surface area contributed by atoms with Crippen LogP contribution in [0.2, 0.25) is 0 Å². The smallest absolute Gasteiger partial charge is 0.259 e. The molecule has 0 amide bonds. The van der Waals surface area contributed by atoms with Gasteiger partial charge in [-0.25, -0.2) is 18.1 Å². The fourth-order valence-corrected chi connectivity index (χ4v) is 2.79. The van der Waals surface area contributed by atoms with E-state index in [1.54, 1.807) is 42.8 Å². The third kappa shape index (κ3) is 3.24. The Morgan fingerprint density at radius 1 is 1.35 bits per heavy atom. The molecule has 0 fully saturated rings. The molecular formula is C13H17N3O3S. The van der Waals surface area contributed by atoms with E-state index < -0.39 is 16.1 Å². The first-order valence-electron chi connectivity index (χ1n) is 6.13. The van der Waals surface area contributed by atoms with Crippen LogP contribution in [0.5, 0.6) is 0 Å². The molecule has 1 atom stereocenters. The summed E-state index contributed by atoms with van der Waals surface area (Å²) in [6.45, 7) is 1.62. The molecule has 0 saturated heterocycles. The SMILES string of the molecule is Cc1nc(S(=O)(=O)NCC(O)c2ccccc2)cn1C. The average molecular weight is 295 g/mol. The predicted octanol–water partition coefficient (Wildman–Crippen LogP) is 0.740. The van der Waals surface area contributed by atoms with Crippen molar-refractivity contribution in [2.75, 3.05) is 6.54 Å². The van der Waals surface area contributed by atoms with Crippen molar-refractivity contribution in [3.63, 3.8) is 0 Å². The predicted molar refractivity (Wildman–Crippen MR) is 74.5 cm³/mol. The largest absolute Gasteiger partial charge is 0.387 e. The van der Waals surface area contributed by atoms with Crippen LogP contribution in [0.1, 0.15) is 17.5 Å². The van der Waals surface area contributed by atoms with Gasteiger partial charge in [-0.05, 0) is 12.5 Å². The Labute approximate surface area is 118 Å². The van der Waals surface area contributed by atoms with Gasteiger partial charge in [0.15, 0.2) is 5.03 Å². The van der Waals surface area contributed by atoms with Gasteiger partial charge < -0.3 is 9.67 Å². The monoisotopic (exact) mass is 295 g/mol. The Morgan fingerprint density at radius 2 is 2.00 bits per heavy atom. The number of benzene rings is 1. The summed E-state index contributed by atoms with van der Waals surface area (Å²) in [5, 5.41) is 9.89. The summed E-state index contributed by atoms with van der Waals surface area (Å²) >= 11 is 0. The Hall–Kier alpha value is -1.70. The Morgan fingerprint density at radius 3 is 2.55 bits per heavy atom. The number of sulfonamides is 1. The number of nitrogens with zero attached hydrogens (tertiary/aromatic N) is 2. The highest BCUT2D eigenvalue weighted by molar-refractivity contribution is 7.89. The van der Waals surface area contributed by atoms with Crippen molar-refractivity contribution >= 4 is 10.0 Å². The van der Waals surface area contributed by atoms with Gasteiger partial charge in [-0.3, -0.25) is 0 Å². The number of hydrogen-bond acceptors (Lipinski definition) is 4. The molecule has 1 aromatic carbocycles. The number of aryl methyl sites for hydroxylation is 2. The van der Waals surface area contributed by atoms with Crippen LogP contribution in [0, 0.1) is 6.92 Å². The van der Waals surface area contributed by atoms with Crippen LogP contribution >= 0.6 is 0 Å². The second-order valence-corrected chi connectivity index (χ2v) is 6.23. The Balaban J connectivity index is 2.06. The molecule has 0 aliphatic rings. The molecule has 20 heavy (non-hydrogen) atoms. The maximum absolute atomic E-state index is 12.0. The number of nitrogens with one attached hydrogen (secondary N) is 1. The fourth-order valence-electron chi connectivity index (χ4n) is 1.71. The minimum Gasteiger partial charge on any atom is -0.387 e. The van der Waals surface area contributed by atoms with Crippen LogP contribution in [0.15, 0.2) is 41.6 Å². The van der Waals surface area contributed by atoms with Gasteiger partial charge in [-0.2, -0.15) is 0 Å². The van der Waals surface area contributed by atoms with Crippen molar-refractivity contribution in [1.82, 2.24) is 14.3 Å². The summed E-state index contributed by atoms with van der Waals surface area (Å²) in [5.74, 6) is 0.606. The second-order valence-electron chi connectivity index (χ2n) is 4.52. The second kappa shape index (κ2) is 5.74. The van der Waals surface area contributed by atoms with E-state index in [1.165, 1.54) is 6.20 Å². The molecule has 2 aromatic rings. The van der Waals surface area contributed by atoms with E-state index in [4.69, 9.17) is 0 Å². The van der Waals surface area contributed by atoms with Crippen LogP contribution in [-0.2, 0) is 17.1 Å². The third-order valence-corrected chi connectivity index (χ3v) is 4.31. The van der Waals surface area contributed by atoms with Crippen molar-refractivity contribution < 1.29 is 13.5 Å². The molecule has 0 aliphatic carbocycles. The zero-order chi connectivity index (χ0) is 14.8. The third-order valence-electron chi connectivity index (χ3n) is 3.01. The first-order chi connectivity index (χ1) is 9.40. The van der Waals surface area contributed by atoms with Gasteiger partial charge >= 0.3 is 0 Å². The van der Waals surface area contributed by atoms with Crippen LogP contribution in [0.4, 0.5) is 0 Å². The van der Waals surface area contributed by atoms with Gasteiger partial charge in [-0.1, -0.05) is 30.3 Å². The molecule has 2 rings (SSSR count). The zero-order valence-electron chi connectivity index (χ0n) is 11.3. The number of imidazole rings is 1. The van der Waals surface area contributed by atoms with Crippen molar-refractivity contribution in [2.45, 2.75) is 18.1 Å². The van der Waals surface area contributed by atoms with Crippen molar-refractivity contribution in [1.29, 1.82) is 0 Å². The molecule has 6 nitrogen and oxygen atoms in total. The summed E-state index contributed by atoms with van der Waals surface area (Å²) in [7, 11) is -1.98. The zero-order valence-corrected chi connectivity index (χ0v) is 12.1. The molecule has 7 heteroatoms. The maximum atomic E-state index is 12.0. The lowest BCUT2D eigenvalue weighted by Crippen LogP contribution is -2.28. The summed E-state index contributed by atoms with van der Waals surface area (Å²) < 4.78 is 28.1. The lowest BCUT2D eigenvalue weighted by atomic mass is 10.1. The maximum Gasteiger partial charge on any atom is 0.259 e. The van der Waals surface area contributed by atoms with Crippen LogP contribution in [0.3, 0.4) is 0 Å². The molecular weight excluding hydrogens is 278 g/mol. The van der Waals surface area contributed by atoms with E-state index in [-0.39, 0.29) is 11.6 Å². The van der Waals surface area contributed by atoms with Crippen LogP contribution in [0.25, 0.3) is 0 Å². The summed E-state index contributed by atoms with van der Waals surface area (Å²) in [6.07, 6.45) is 0.544. The topological polar surface area (TPSA) is 84.2 Å². The lowest BCUT2D eigenvalue weighted by molar-refractivity contribution is 0.182. The summed E-state index contributed by atoms with van der Waals surface area (Å²) in [5.41, 5.74) is 0.660. The number of hydrogen-bond donors (Lipinski definition) is 2. The first kappa shape index (κ1) is 14.7. The number of aliphatic hydroxyl groups is 1. The van der Waals surface area contributed by atoms with Gasteiger partial charge in [0.25, 0.3) is 10.0 Å². The molecule has 2 N–H and O–H groups in total. The lowest BCUT2D eigenvalue weighted by Gasteiger charge is -2.11. The van der Waals surface area contributed by atoms with Crippen LogP contribution < -0.4 is 4.72 Å². The summed E-state index contributed by atoms with van der Waals surface area (Å²) in [6, 6.07) is 8.88. The number of aliphatic hydroxyl groups excluding tert-OH is 1. The van der Waals surface area contributed by atoms with Gasteiger partial charge in [-0.15, -0.1) is 0 Å². The molecule has 1 unspecified atom stereocenters. The Bertz CT molecular complexity index is 661. The fraction of sp³-hybridized carbons (Fsp3) is 0.308. The molecule has 108 valence electrons. The van der Waals surface area contributed by atoms with E-state index in [0.717, 1.165) is 0 Å². The normalized spacial score (nSPS) is 13.3. The minimum atomic E-state index is -3.71. The standard InChI is InChI=1S/C13H17N3O3S/c1-10-15-13(9-16(10)2)20(18,19)14-8-12(17)11-6-4-3-5-7-11/h3-7,9,12,14,17H,8H2,1-2H3. The van der Waals surface area contributed by atoms with Crippen molar-refractivity contribution in [3.05, 3.63) is 47.9 Å². The van der Waals surface area contributed by atoms with E-state index in [2.05, 4.69) is 9.71 Å². The van der Waals surface area contributed by atoms with E-state index in [1.807, 2.05) is 6.07 Å². The Kier molecular flexibility index (Phi) is 4.22. The van der Waals surface area contributed by atoms with Gasteiger partial charge in [0.05, 0.1) is 6.10 Å². The molecule has 0 spiro atoms. The van der Waals surface area contributed by atoms with Crippen molar-refractivity contribution in [2.24, 2.45) is 7.05 Å². The van der Waals surface area contributed by atoms with E-state index >= 15 is 0 Å². The molecule has 0 bridgehead atoms. The highest BCUT2D eigenvalue weighted by atomic mass is 32.2. The average Bonchev–Trinajstić information content (AvgIpc) is 2.78. The molecule has 1 aromatic heterocycles. The highest BCUT2D eigenvalue weighted by Crippen LogP contribution is 2.13. The first-order valence-corrected chi connectivity index (χ1v) is 7.61. The van der Waals surface area contributed by atoms with Gasteiger partial charge in [0, 0.05) is 19.8 Å². The van der Waals surface area contributed by atoms with E-state index in [0.29, 0.717) is 11.4 Å². The molecule has 0 radical (unpaired) electrons. The van der Waals surface area contributed by atoms with E-state index in [9.17, 15) is 13.5 Å². The summed E-state index contributed by atoms with van der Waals surface area (Å²) in [4.78, 5) is 3.96. The highest BCUT2D eigenvalue weighted by Gasteiger charge is 2.20.